The fourth-order valence-corrected chi connectivity index (χ4v) is 2.31. The molecule has 25 heavy (non-hydrogen) atoms. The molecule has 0 heterocycles. The van der Waals surface area contributed by atoms with Gasteiger partial charge in [-0.3, -0.25) is 9.59 Å². The summed E-state index contributed by atoms with van der Waals surface area (Å²) in [6.07, 6.45) is 1.91. The number of benzene rings is 2. The summed E-state index contributed by atoms with van der Waals surface area (Å²) in [6.45, 7) is 0. The van der Waals surface area contributed by atoms with Crippen LogP contribution < -0.4 is 10.6 Å². The number of amides is 2. The number of ether oxygens (including phenoxy) is 1. The van der Waals surface area contributed by atoms with Gasteiger partial charge in [-0.15, -0.1) is 0 Å². The van der Waals surface area contributed by atoms with Crippen molar-refractivity contribution in [1.82, 2.24) is 0 Å². The summed E-state index contributed by atoms with van der Waals surface area (Å²) in [6, 6.07) is 13.1. The molecule has 2 aromatic carbocycles. The number of esters is 1. The molecule has 0 spiro atoms. The molecule has 128 valence electrons. The third-order valence-electron chi connectivity index (χ3n) is 3.93. The van der Waals surface area contributed by atoms with E-state index in [1.807, 2.05) is 0 Å². The van der Waals surface area contributed by atoms with Crippen molar-refractivity contribution in [1.29, 1.82) is 0 Å². The molecule has 2 aromatic rings. The first-order chi connectivity index (χ1) is 12.1. The van der Waals surface area contributed by atoms with Gasteiger partial charge >= 0.3 is 5.97 Å². The van der Waals surface area contributed by atoms with E-state index in [1.165, 1.54) is 19.2 Å². The lowest BCUT2D eigenvalue weighted by atomic mass is 10.1. The first-order valence-electron chi connectivity index (χ1n) is 7.97. The van der Waals surface area contributed by atoms with Crippen LogP contribution in [0.5, 0.6) is 0 Å². The molecule has 0 aliphatic heterocycles. The molecule has 6 heteroatoms. The Morgan fingerprint density at radius 1 is 0.840 bits per heavy atom. The van der Waals surface area contributed by atoms with Gasteiger partial charge in [0, 0.05) is 22.9 Å². The zero-order valence-corrected chi connectivity index (χ0v) is 13.7. The molecule has 1 aliphatic rings. The fraction of sp³-hybridized carbons (Fsp3) is 0.211. The number of rotatable bonds is 5. The second-order valence-electron chi connectivity index (χ2n) is 5.86. The van der Waals surface area contributed by atoms with Crippen LogP contribution in [0.4, 0.5) is 11.4 Å². The van der Waals surface area contributed by atoms with Crippen LogP contribution in [0.3, 0.4) is 0 Å². The molecule has 2 amide bonds. The molecule has 0 atom stereocenters. The highest BCUT2D eigenvalue weighted by Crippen LogP contribution is 2.30. The van der Waals surface area contributed by atoms with Crippen LogP contribution in [0.25, 0.3) is 0 Å². The van der Waals surface area contributed by atoms with Gasteiger partial charge in [-0.2, -0.15) is 0 Å². The van der Waals surface area contributed by atoms with Crippen molar-refractivity contribution >= 4 is 29.2 Å². The monoisotopic (exact) mass is 338 g/mol. The van der Waals surface area contributed by atoms with Gasteiger partial charge in [-0.1, -0.05) is 0 Å². The van der Waals surface area contributed by atoms with E-state index in [4.69, 9.17) is 0 Å². The summed E-state index contributed by atoms with van der Waals surface area (Å²) in [5.74, 6) is -0.545. The number of carbonyl (C=O) groups excluding carboxylic acids is 3. The van der Waals surface area contributed by atoms with Crippen LogP contribution in [0.1, 0.15) is 33.6 Å². The third kappa shape index (κ3) is 4.23. The largest absolute Gasteiger partial charge is 0.465 e. The van der Waals surface area contributed by atoms with Crippen molar-refractivity contribution in [3.8, 4) is 0 Å². The standard InChI is InChI=1S/C19H18N2O4/c1-25-19(24)14-6-4-13(5-7-14)18(23)21-16-10-8-15(9-11-16)20-17(22)12-2-3-12/h4-12H,2-3H2,1H3,(H,20,22)(H,21,23). The van der Waals surface area contributed by atoms with Gasteiger partial charge in [0.2, 0.25) is 5.91 Å². The molecule has 0 bridgehead atoms. The second-order valence-corrected chi connectivity index (χ2v) is 5.86. The number of nitrogens with one attached hydrogen (secondary N) is 2. The first-order valence-corrected chi connectivity index (χ1v) is 7.97. The van der Waals surface area contributed by atoms with Crippen LogP contribution in [-0.4, -0.2) is 24.9 Å². The molecule has 6 nitrogen and oxygen atoms in total. The summed E-state index contributed by atoms with van der Waals surface area (Å²) in [5, 5.41) is 5.61. The van der Waals surface area contributed by atoms with Crippen LogP contribution in [-0.2, 0) is 9.53 Å². The minimum atomic E-state index is -0.448. The highest BCUT2D eigenvalue weighted by molar-refractivity contribution is 6.05. The van der Waals surface area contributed by atoms with Crippen LogP contribution >= 0.6 is 0 Å². The van der Waals surface area contributed by atoms with Crippen molar-refractivity contribution in [3.05, 3.63) is 59.7 Å². The Hall–Kier alpha value is -3.15. The maximum Gasteiger partial charge on any atom is 0.337 e. The highest BCUT2D eigenvalue weighted by atomic mass is 16.5. The first kappa shape index (κ1) is 16.7. The summed E-state index contributed by atoms with van der Waals surface area (Å²) in [4.78, 5) is 35.3. The lowest BCUT2D eigenvalue weighted by Crippen LogP contribution is -2.14. The lowest BCUT2D eigenvalue weighted by molar-refractivity contribution is -0.117. The van der Waals surface area contributed by atoms with E-state index < -0.39 is 5.97 Å². The number of hydrogen-bond donors (Lipinski definition) is 2. The SMILES string of the molecule is COC(=O)c1ccc(C(=O)Nc2ccc(NC(=O)C3CC3)cc2)cc1. The van der Waals surface area contributed by atoms with E-state index in [9.17, 15) is 14.4 Å². The normalized spacial score (nSPS) is 13.0. The van der Waals surface area contributed by atoms with E-state index >= 15 is 0 Å². The Labute approximate surface area is 145 Å². The average Bonchev–Trinajstić information content (AvgIpc) is 3.48. The maximum atomic E-state index is 12.2. The third-order valence-corrected chi connectivity index (χ3v) is 3.93. The Kier molecular flexibility index (Phi) is 4.79. The highest BCUT2D eigenvalue weighted by Gasteiger charge is 2.29. The van der Waals surface area contributed by atoms with E-state index in [0.29, 0.717) is 22.5 Å². The van der Waals surface area contributed by atoms with E-state index in [-0.39, 0.29) is 17.7 Å². The summed E-state index contributed by atoms with van der Waals surface area (Å²) in [5.41, 5.74) is 2.14. The molecular formula is C19H18N2O4. The Morgan fingerprint density at radius 2 is 1.36 bits per heavy atom. The number of methoxy groups -OCH3 is 1. The molecule has 3 rings (SSSR count). The second kappa shape index (κ2) is 7.17. The van der Waals surface area contributed by atoms with Crippen LogP contribution in [0, 0.1) is 5.92 Å². The molecule has 0 radical (unpaired) electrons. The van der Waals surface area contributed by atoms with Gasteiger partial charge in [0.1, 0.15) is 0 Å². The molecule has 2 N–H and O–H groups in total. The van der Waals surface area contributed by atoms with E-state index in [1.54, 1.807) is 36.4 Å². The summed E-state index contributed by atoms with van der Waals surface area (Å²) < 4.78 is 4.62. The minimum absolute atomic E-state index is 0.0440. The van der Waals surface area contributed by atoms with Gasteiger partial charge < -0.3 is 15.4 Å². The van der Waals surface area contributed by atoms with Crippen LogP contribution in [0.2, 0.25) is 0 Å². The van der Waals surface area contributed by atoms with Gasteiger partial charge in [-0.25, -0.2) is 4.79 Å². The predicted octanol–water partition coefficient (Wildman–Crippen LogP) is 3.07. The van der Waals surface area contributed by atoms with Crippen molar-refractivity contribution in [2.24, 2.45) is 5.92 Å². The van der Waals surface area contributed by atoms with Crippen LogP contribution in [0.15, 0.2) is 48.5 Å². The number of hydrogen-bond acceptors (Lipinski definition) is 4. The van der Waals surface area contributed by atoms with Crippen molar-refractivity contribution in [2.45, 2.75) is 12.8 Å². The Bertz CT molecular complexity index is 793. The molecular weight excluding hydrogens is 320 g/mol. The Morgan fingerprint density at radius 3 is 1.88 bits per heavy atom. The van der Waals surface area contributed by atoms with Gasteiger partial charge in [-0.05, 0) is 61.4 Å². The smallest absolute Gasteiger partial charge is 0.337 e. The summed E-state index contributed by atoms with van der Waals surface area (Å²) in [7, 11) is 1.31. The maximum absolute atomic E-state index is 12.2. The molecule has 1 saturated carbocycles. The molecule has 0 unspecified atom stereocenters. The van der Waals surface area contributed by atoms with Crippen molar-refractivity contribution < 1.29 is 19.1 Å². The van der Waals surface area contributed by atoms with E-state index in [0.717, 1.165) is 12.8 Å². The van der Waals surface area contributed by atoms with Gasteiger partial charge in [0.05, 0.1) is 12.7 Å². The van der Waals surface area contributed by atoms with Crippen molar-refractivity contribution in [2.75, 3.05) is 17.7 Å². The molecule has 1 fully saturated rings. The quantitative estimate of drug-likeness (QED) is 0.821. The van der Waals surface area contributed by atoms with Crippen molar-refractivity contribution in [3.63, 3.8) is 0 Å². The van der Waals surface area contributed by atoms with Gasteiger partial charge in [0.15, 0.2) is 0 Å². The zero-order chi connectivity index (χ0) is 17.8. The Balaban J connectivity index is 1.60. The minimum Gasteiger partial charge on any atom is -0.465 e. The summed E-state index contributed by atoms with van der Waals surface area (Å²) >= 11 is 0. The van der Waals surface area contributed by atoms with E-state index in [2.05, 4.69) is 15.4 Å². The molecule has 0 saturated heterocycles. The molecule has 1 aliphatic carbocycles. The van der Waals surface area contributed by atoms with Gasteiger partial charge in [0.25, 0.3) is 5.91 Å². The molecule has 0 aromatic heterocycles. The zero-order valence-electron chi connectivity index (χ0n) is 13.7. The lowest BCUT2D eigenvalue weighted by Gasteiger charge is -2.08. The number of carbonyl (C=O) groups is 3. The topological polar surface area (TPSA) is 84.5 Å². The fourth-order valence-electron chi connectivity index (χ4n) is 2.31. The predicted molar refractivity (Wildman–Crippen MR) is 93.5 cm³/mol. The number of anilines is 2. The average molecular weight is 338 g/mol.